The van der Waals surface area contributed by atoms with Gasteiger partial charge in [0.25, 0.3) is 0 Å². The largest absolute Gasteiger partial charge is 0.308 e. The maximum Gasteiger partial charge on any atom is 0.0964 e. The topological polar surface area (TPSA) is 46.0 Å². The van der Waals surface area contributed by atoms with Crippen molar-refractivity contribution in [1.82, 2.24) is 25.2 Å². The van der Waals surface area contributed by atoms with Gasteiger partial charge < -0.3 is 10.2 Å². The molecule has 5 heteroatoms. The Morgan fingerprint density at radius 2 is 2.00 bits per heavy atom. The minimum atomic E-state index is 0.736. The van der Waals surface area contributed by atoms with Crippen LogP contribution in [0.2, 0.25) is 0 Å². The van der Waals surface area contributed by atoms with Crippen LogP contribution in [-0.2, 0) is 13.1 Å². The molecule has 0 unspecified atom stereocenters. The molecule has 3 rings (SSSR count). The molecule has 20 heavy (non-hydrogen) atoms. The second-order valence-corrected chi connectivity index (χ2v) is 6.32. The lowest BCUT2D eigenvalue weighted by Gasteiger charge is -2.31. The van der Waals surface area contributed by atoms with Gasteiger partial charge in [0, 0.05) is 25.3 Å². The van der Waals surface area contributed by atoms with Gasteiger partial charge in [-0.05, 0) is 44.7 Å². The normalized spacial score (nSPS) is 21.4. The highest BCUT2D eigenvalue weighted by atomic mass is 15.4. The lowest BCUT2D eigenvalue weighted by atomic mass is 9.94. The number of piperidine rings is 1. The fourth-order valence-corrected chi connectivity index (χ4v) is 2.93. The molecule has 0 radical (unpaired) electrons. The van der Waals surface area contributed by atoms with Gasteiger partial charge in [-0.3, -0.25) is 4.68 Å². The van der Waals surface area contributed by atoms with Crippen LogP contribution in [0.5, 0.6) is 0 Å². The monoisotopic (exact) mass is 277 g/mol. The molecule has 0 bridgehead atoms. The third-order valence-electron chi connectivity index (χ3n) is 4.67. The average molecular weight is 277 g/mol. The Morgan fingerprint density at radius 3 is 2.70 bits per heavy atom. The summed E-state index contributed by atoms with van der Waals surface area (Å²) in [5.74, 6) is 0.956. The van der Waals surface area contributed by atoms with E-state index in [0.717, 1.165) is 37.3 Å². The molecule has 1 saturated carbocycles. The van der Waals surface area contributed by atoms with Gasteiger partial charge in [-0.15, -0.1) is 5.10 Å². The zero-order chi connectivity index (χ0) is 13.8. The molecule has 1 N–H and O–H groups in total. The van der Waals surface area contributed by atoms with Crippen LogP contribution in [-0.4, -0.2) is 45.6 Å². The molecule has 0 aromatic carbocycles. The van der Waals surface area contributed by atoms with Crippen LogP contribution in [0.25, 0.3) is 0 Å². The maximum absolute atomic E-state index is 4.24. The van der Waals surface area contributed by atoms with Crippen LogP contribution in [0.1, 0.15) is 44.7 Å². The molecule has 2 aliphatic rings. The third-order valence-corrected chi connectivity index (χ3v) is 4.67. The highest BCUT2D eigenvalue weighted by Gasteiger charge is 2.20. The molecule has 1 aromatic rings. The van der Waals surface area contributed by atoms with Crippen molar-refractivity contribution in [3.05, 3.63) is 11.9 Å². The summed E-state index contributed by atoms with van der Waals surface area (Å²) >= 11 is 0. The molecule has 1 aromatic heterocycles. The molecule has 0 amide bonds. The van der Waals surface area contributed by atoms with E-state index < -0.39 is 0 Å². The number of rotatable bonds is 7. The van der Waals surface area contributed by atoms with Crippen LogP contribution in [0.4, 0.5) is 0 Å². The van der Waals surface area contributed by atoms with Crippen molar-refractivity contribution in [3.63, 3.8) is 0 Å². The Bertz CT molecular complexity index is 404. The molecule has 1 aliphatic carbocycles. The number of aromatic nitrogens is 3. The molecule has 0 atom stereocenters. The second-order valence-electron chi connectivity index (χ2n) is 6.32. The summed E-state index contributed by atoms with van der Waals surface area (Å²) in [4.78, 5) is 2.57. The van der Waals surface area contributed by atoms with Gasteiger partial charge in [-0.25, -0.2) is 0 Å². The lowest BCUT2D eigenvalue weighted by molar-refractivity contribution is 0.174. The Balaban J connectivity index is 1.37. The van der Waals surface area contributed by atoms with Crippen molar-refractivity contribution in [1.29, 1.82) is 0 Å². The SMILES string of the molecule is CCC1CCN(CCn2cc(CNC3CC3)nn2)CC1. The van der Waals surface area contributed by atoms with E-state index in [-0.39, 0.29) is 0 Å². The molecule has 5 nitrogen and oxygen atoms in total. The van der Waals surface area contributed by atoms with Gasteiger partial charge in [0.1, 0.15) is 0 Å². The summed E-state index contributed by atoms with van der Waals surface area (Å²) in [6.07, 6.45) is 8.81. The first-order valence-electron chi connectivity index (χ1n) is 8.18. The number of nitrogens with one attached hydrogen (secondary N) is 1. The van der Waals surface area contributed by atoms with E-state index in [0.29, 0.717) is 0 Å². The van der Waals surface area contributed by atoms with Crippen molar-refractivity contribution < 1.29 is 0 Å². The van der Waals surface area contributed by atoms with Crippen LogP contribution in [0.3, 0.4) is 0 Å². The minimum Gasteiger partial charge on any atom is -0.308 e. The van der Waals surface area contributed by atoms with Crippen molar-refractivity contribution in [2.75, 3.05) is 19.6 Å². The summed E-state index contributed by atoms with van der Waals surface area (Å²) < 4.78 is 2.00. The number of likely N-dealkylation sites (tertiary alicyclic amines) is 1. The molecule has 0 spiro atoms. The minimum absolute atomic E-state index is 0.736. The molecule has 112 valence electrons. The van der Waals surface area contributed by atoms with Crippen molar-refractivity contribution in [3.8, 4) is 0 Å². The van der Waals surface area contributed by atoms with Crippen LogP contribution >= 0.6 is 0 Å². The average Bonchev–Trinajstić information content (AvgIpc) is 3.22. The number of hydrogen-bond donors (Lipinski definition) is 1. The summed E-state index contributed by atoms with van der Waals surface area (Å²) in [6, 6.07) is 0.736. The fraction of sp³-hybridized carbons (Fsp3) is 0.867. The van der Waals surface area contributed by atoms with Crippen LogP contribution in [0.15, 0.2) is 6.20 Å². The van der Waals surface area contributed by atoms with E-state index in [1.807, 2.05) is 4.68 Å². The summed E-state index contributed by atoms with van der Waals surface area (Å²) in [6.45, 7) is 7.76. The first-order chi connectivity index (χ1) is 9.83. The van der Waals surface area contributed by atoms with E-state index in [9.17, 15) is 0 Å². The Morgan fingerprint density at radius 1 is 1.20 bits per heavy atom. The van der Waals surface area contributed by atoms with E-state index in [1.54, 1.807) is 0 Å². The Labute approximate surface area is 121 Å². The predicted molar refractivity (Wildman–Crippen MR) is 79.3 cm³/mol. The number of nitrogens with zero attached hydrogens (tertiary/aromatic N) is 4. The molecular weight excluding hydrogens is 250 g/mol. The zero-order valence-corrected chi connectivity index (χ0v) is 12.6. The Kier molecular flexibility index (Phi) is 4.68. The predicted octanol–water partition coefficient (Wildman–Crippen LogP) is 1.65. The highest BCUT2D eigenvalue weighted by Crippen LogP contribution is 2.20. The van der Waals surface area contributed by atoms with Gasteiger partial charge >= 0.3 is 0 Å². The first-order valence-corrected chi connectivity index (χ1v) is 8.18. The smallest absolute Gasteiger partial charge is 0.0964 e. The molecule has 1 aliphatic heterocycles. The maximum atomic E-state index is 4.24. The van der Waals surface area contributed by atoms with Gasteiger partial charge in [0.2, 0.25) is 0 Å². The molecular formula is C15H27N5. The first kappa shape index (κ1) is 14.0. The summed E-state index contributed by atoms with van der Waals surface area (Å²) in [7, 11) is 0. The van der Waals surface area contributed by atoms with Gasteiger partial charge in [-0.1, -0.05) is 18.6 Å². The fourth-order valence-electron chi connectivity index (χ4n) is 2.93. The van der Waals surface area contributed by atoms with E-state index >= 15 is 0 Å². The van der Waals surface area contributed by atoms with Crippen LogP contribution in [0, 0.1) is 5.92 Å². The standard InChI is InChI=1S/C15H27N5/c1-2-13-5-7-19(8-6-13)9-10-20-12-15(17-18-20)11-16-14-3-4-14/h12-14,16H,2-11H2,1H3. The van der Waals surface area contributed by atoms with Gasteiger partial charge in [0.15, 0.2) is 0 Å². The van der Waals surface area contributed by atoms with Crippen molar-refractivity contribution in [2.45, 2.75) is 58.2 Å². The van der Waals surface area contributed by atoms with Crippen LogP contribution < -0.4 is 5.32 Å². The quantitative estimate of drug-likeness (QED) is 0.823. The van der Waals surface area contributed by atoms with E-state index in [1.165, 1.54) is 45.2 Å². The highest BCUT2D eigenvalue weighted by molar-refractivity contribution is 4.94. The number of hydrogen-bond acceptors (Lipinski definition) is 4. The molecule has 1 saturated heterocycles. The summed E-state index contributed by atoms with van der Waals surface area (Å²) in [5.41, 5.74) is 1.07. The molecule has 2 fully saturated rings. The van der Waals surface area contributed by atoms with Crippen molar-refractivity contribution >= 4 is 0 Å². The second kappa shape index (κ2) is 6.68. The lowest BCUT2D eigenvalue weighted by Crippen LogP contribution is -2.35. The summed E-state index contributed by atoms with van der Waals surface area (Å²) in [5, 5.41) is 11.9. The third kappa shape index (κ3) is 4.03. The van der Waals surface area contributed by atoms with E-state index in [4.69, 9.17) is 0 Å². The van der Waals surface area contributed by atoms with Gasteiger partial charge in [0.05, 0.1) is 12.2 Å². The van der Waals surface area contributed by atoms with E-state index in [2.05, 4.69) is 33.6 Å². The Hall–Kier alpha value is -0.940. The molecule has 2 heterocycles. The van der Waals surface area contributed by atoms with Gasteiger partial charge in [-0.2, -0.15) is 0 Å². The zero-order valence-electron chi connectivity index (χ0n) is 12.6. The van der Waals surface area contributed by atoms with Crippen molar-refractivity contribution in [2.24, 2.45) is 5.92 Å².